The van der Waals surface area contributed by atoms with Crippen molar-refractivity contribution in [2.24, 2.45) is 7.05 Å². The van der Waals surface area contributed by atoms with Gasteiger partial charge in [-0.25, -0.2) is 0 Å². The molecule has 0 aliphatic rings. The fraction of sp³-hybridized carbons (Fsp3) is 0.357. The van der Waals surface area contributed by atoms with E-state index < -0.39 is 11.9 Å². The third kappa shape index (κ3) is 4.41. The van der Waals surface area contributed by atoms with Crippen LogP contribution < -0.4 is 10.1 Å². The summed E-state index contributed by atoms with van der Waals surface area (Å²) in [5.41, 5.74) is 0.194. The number of aromatic nitrogens is 3. The molecule has 1 aromatic carbocycles. The van der Waals surface area contributed by atoms with Crippen molar-refractivity contribution in [3.8, 4) is 5.75 Å². The molecule has 0 bridgehead atoms. The third-order valence-electron chi connectivity index (χ3n) is 3.07. The summed E-state index contributed by atoms with van der Waals surface area (Å²) in [4.78, 5) is 12.2. The number of amides is 1. The van der Waals surface area contributed by atoms with Crippen LogP contribution in [0.5, 0.6) is 5.75 Å². The van der Waals surface area contributed by atoms with E-state index in [0.717, 1.165) is 5.82 Å². The maximum Gasteiger partial charge on any atom is 0.387 e. The van der Waals surface area contributed by atoms with E-state index in [1.807, 2.05) is 0 Å². The largest absolute Gasteiger partial charge is 0.433 e. The molecule has 0 saturated carbocycles. The highest BCUT2D eigenvalue weighted by Crippen LogP contribution is 2.27. The van der Waals surface area contributed by atoms with Gasteiger partial charge in [-0.15, -0.1) is 10.2 Å². The number of carbonyl (C=O) groups excluding carboxylic acids is 1. The van der Waals surface area contributed by atoms with E-state index in [9.17, 15) is 13.6 Å². The van der Waals surface area contributed by atoms with Gasteiger partial charge >= 0.3 is 6.61 Å². The minimum atomic E-state index is -2.96. The normalized spacial score (nSPS) is 12.3. The topological polar surface area (TPSA) is 69.0 Å². The van der Waals surface area contributed by atoms with E-state index in [1.165, 1.54) is 23.9 Å². The Hall–Kier alpha value is -2.16. The van der Waals surface area contributed by atoms with Gasteiger partial charge in [-0.1, -0.05) is 23.9 Å². The van der Waals surface area contributed by atoms with Gasteiger partial charge in [0, 0.05) is 7.05 Å². The standard InChI is InChI=1S/C14H16F2N4O2S/c1-8(23-14-19-18-9(2)20(14)3)12(21)17-10-6-4-5-7-11(10)22-13(15)16/h4-8,13H,1-3H3,(H,17,21)/t8-/m0/s1. The van der Waals surface area contributed by atoms with E-state index in [1.54, 1.807) is 37.6 Å². The minimum Gasteiger partial charge on any atom is -0.433 e. The third-order valence-corrected chi connectivity index (χ3v) is 4.20. The fourth-order valence-electron chi connectivity index (χ4n) is 1.70. The summed E-state index contributed by atoms with van der Waals surface area (Å²) in [6.07, 6.45) is 0. The number of halogens is 2. The molecule has 0 spiro atoms. The number of nitrogens with one attached hydrogen (secondary N) is 1. The molecule has 1 amide bonds. The Kier molecular flexibility index (Phi) is 5.54. The summed E-state index contributed by atoms with van der Waals surface area (Å²) in [6.45, 7) is 0.543. The SMILES string of the molecule is Cc1nnc(S[C@@H](C)C(=O)Nc2ccccc2OC(F)F)n1C. The van der Waals surface area contributed by atoms with Crippen LogP contribution in [0.25, 0.3) is 0 Å². The Labute approximate surface area is 136 Å². The van der Waals surface area contributed by atoms with Crippen molar-refractivity contribution >= 4 is 23.4 Å². The van der Waals surface area contributed by atoms with Crippen LogP contribution in [0.1, 0.15) is 12.7 Å². The van der Waals surface area contributed by atoms with Crippen LogP contribution in [-0.4, -0.2) is 32.5 Å². The first-order valence-electron chi connectivity index (χ1n) is 6.76. The van der Waals surface area contributed by atoms with Crippen LogP contribution in [0.15, 0.2) is 29.4 Å². The second-order valence-corrected chi connectivity index (χ2v) is 6.02. The first-order chi connectivity index (χ1) is 10.9. The zero-order chi connectivity index (χ0) is 17.0. The van der Waals surface area contributed by atoms with Gasteiger partial charge in [0.2, 0.25) is 5.91 Å². The molecular weight excluding hydrogens is 326 g/mol. The smallest absolute Gasteiger partial charge is 0.387 e. The molecular formula is C14H16F2N4O2S. The number of alkyl halides is 2. The van der Waals surface area contributed by atoms with Crippen molar-refractivity contribution in [1.29, 1.82) is 0 Å². The predicted octanol–water partition coefficient (Wildman–Crippen LogP) is 2.84. The van der Waals surface area contributed by atoms with Crippen molar-refractivity contribution in [1.82, 2.24) is 14.8 Å². The molecule has 124 valence electrons. The molecule has 1 atom stereocenters. The zero-order valence-corrected chi connectivity index (χ0v) is 13.6. The summed E-state index contributed by atoms with van der Waals surface area (Å²) in [5, 5.41) is 10.6. The van der Waals surface area contributed by atoms with Crippen LogP contribution in [0, 0.1) is 6.92 Å². The van der Waals surface area contributed by atoms with Crippen molar-refractivity contribution in [3.05, 3.63) is 30.1 Å². The molecule has 9 heteroatoms. The fourth-order valence-corrected chi connectivity index (χ4v) is 2.57. The first kappa shape index (κ1) is 17.2. The number of carbonyl (C=O) groups is 1. The van der Waals surface area contributed by atoms with Crippen molar-refractivity contribution in [2.45, 2.75) is 30.9 Å². The van der Waals surface area contributed by atoms with Crippen LogP contribution >= 0.6 is 11.8 Å². The molecule has 0 radical (unpaired) electrons. The number of anilines is 1. The Bertz CT molecular complexity index is 693. The van der Waals surface area contributed by atoms with Crippen LogP contribution in [0.2, 0.25) is 0 Å². The second-order valence-electron chi connectivity index (χ2n) is 4.71. The molecule has 1 heterocycles. The van der Waals surface area contributed by atoms with Crippen molar-refractivity contribution in [3.63, 3.8) is 0 Å². The van der Waals surface area contributed by atoms with Crippen LogP contribution in [-0.2, 0) is 11.8 Å². The van der Waals surface area contributed by atoms with Gasteiger partial charge in [0.1, 0.15) is 11.6 Å². The maximum atomic E-state index is 12.4. The molecule has 1 N–H and O–H groups in total. The number of thioether (sulfide) groups is 1. The van der Waals surface area contributed by atoms with E-state index in [4.69, 9.17) is 0 Å². The van der Waals surface area contributed by atoms with Gasteiger partial charge in [-0.05, 0) is 26.0 Å². The Morgan fingerprint density at radius 1 is 1.35 bits per heavy atom. The van der Waals surface area contributed by atoms with E-state index in [2.05, 4.69) is 20.3 Å². The highest BCUT2D eigenvalue weighted by molar-refractivity contribution is 8.00. The number of ether oxygens (including phenoxy) is 1. The number of hydrogen-bond acceptors (Lipinski definition) is 5. The first-order valence-corrected chi connectivity index (χ1v) is 7.63. The zero-order valence-electron chi connectivity index (χ0n) is 12.8. The summed E-state index contributed by atoms with van der Waals surface area (Å²) in [6, 6.07) is 6.04. The monoisotopic (exact) mass is 342 g/mol. The average Bonchev–Trinajstić information content (AvgIpc) is 2.80. The Balaban J connectivity index is 2.05. The molecule has 2 aromatic rings. The number of benzene rings is 1. The number of aryl methyl sites for hydroxylation is 1. The molecule has 0 unspecified atom stereocenters. The van der Waals surface area contributed by atoms with Gasteiger partial charge in [0.25, 0.3) is 0 Å². The van der Waals surface area contributed by atoms with Gasteiger partial charge < -0.3 is 14.6 Å². The van der Waals surface area contributed by atoms with Gasteiger partial charge in [0.15, 0.2) is 5.16 Å². The lowest BCUT2D eigenvalue weighted by atomic mass is 10.3. The molecule has 23 heavy (non-hydrogen) atoms. The summed E-state index contributed by atoms with van der Waals surface area (Å²) >= 11 is 1.23. The molecule has 1 aromatic heterocycles. The second kappa shape index (κ2) is 7.40. The van der Waals surface area contributed by atoms with Crippen molar-refractivity contribution in [2.75, 3.05) is 5.32 Å². The average molecular weight is 342 g/mol. The lowest BCUT2D eigenvalue weighted by molar-refractivity contribution is -0.115. The number of nitrogens with zero attached hydrogens (tertiary/aromatic N) is 3. The van der Waals surface area contributed by atoms with Gasteiger partial charge in [-0.3, -0.25) is 4.79 Å². The molecule has 6 nitrogen and oxygen atoms in total. The van der Waals surface area contributed by atoms with Crippen LogP contribution in [0.3, 0.4) is 0 Å². The van der Waals surface area contributed by atoms with E-state index in [-0.39, 0.29) is 17.3 Å². The predicted molar refractivity (Wildman–Crippen MR) is 82.8 cm³/mol. The van der Waals surface area contributed by atoms with E-state index in [0.29, 0.717) is 5.16 Å². The van der Waals surface area contributed by atoms with Gasteiger partial charge in [-0.2, -0.15) is 8.78 Å². The molecule has 2 rings (SSSR count). The Morgan fingerprint density at radius 3 is 2.65 bits per heavy atom. The number of para-hydroxylation sites is 2. The molecule has 0 aliphatic carbocycles. The maximum absolute atomic E-state index is 12.4. The highest BCUT2D eigenvalue weighted by Gasteiger charge is 2.20. The van der Waals surface area contributed by atoms with Crippen LogP contribution in [0.4, 0.5) is 14.5 Å². The summed E-state index contributed by atoms with van der Waals surface area (Å²) < 4.78 is 30.9. The lowest BCUT2D eigenvalue weighted by Crippen LogP contribution is -2.23. The molecule has 0 fully saturated rings. The minimum absolute atomic E-state index is 0.0810. The van der Waals surface area contributed by atoms with Crippen molar-refractivity contribution < 1.29 is 18.3 Å². The lowest BCUT2D eigenvalue weighted by Gasteiger charge is -2.14. The molecule has 0 saturated heterocycles. The highest BCUT2D eigenvalue weighted by atomic mass is 32.2. The number of rotatable bonds is 6. The quantitative estimate of drug-likeness (QED) is 0.818. The van der Waals surface area contributed by atoms with E-state index >= 15 is 0 Å². The number of hydrogen-bond donors (Lipinski definition) is 1. The Morgan fingerprint density at radius 2 is 2.04 bits per heavy atom. The summed E-state index contributed by atoms with van der Waals surface area (Å²) in [7, 11) is 1.80. The van der Waals surface area contributed by atoms with Gasteiger partial charge in [0.05, 0.1) is 10.9 Å². The summed E-state index contributed by atoms with van der Waals surface area (Å²) in [5.74, 6) is 0.305. The molecule has 0 aliphatic heterocycles.